The van der Waals surface area contributed by atoms with Crippen molar-refractivity contribution >= 4 is 41.0 Å². The van der Waals surface area contributed by atoms with E-state index in [1.165, 1.54) is 11.3 Å². The third kappa shape index (κ3) is 11.1. The van der Waals surface area contributed by atoms with Crippen molar-refractivity contribution in [2.24, 2.45) is 5.92 Å². The number of alkyl carbamates (subject to hydrolysis) is 1. The summed E-state index contributed by atoms with van der Waals surface area (Å²) in [5.74, 6) is -0.0788. The van der Waals surface area contributed by atoms with Gasteiger partial charge in [-0.05, 0) is 41.9 Å². The van der Waals surface area contributed by atoms with Gasteiger partial charge in [0.05, 0.1) is 6.04 Å². The molecule has 1 aromatic heterocycles. The SMILES string of the molecule is CSCC[C@H](NC(=O)[C@H](Cc1ccccc1)NC(=O)OCc1ccccc1)C(=O)N[C@H](CC(C)C)[C@H](O)c1nccs1. The number of aliphatic hydroxyl groups excluding tert-OH is 1. The summed E-state index contributed by atoms with van der Waals surface area (Å²) in [6, 6.07) is 16.1. The lowest BCUT2D eigenvalue weighted by atomic mass is 9.98. The lowest BCUT2D eigenvalue weighted by Gasteiger charge is -2.28. The predicted molar refractivity (Wildman–Crippen MR) is 167 cm³/mol. The fourth-order valence-electron chi connectivity index (χ4n) is 4.35. The summed E-state index contributed by atoms with van der Waals surface area (Å²) in [5.41, 5.74) is 1.66. The van der Waals surface area contributed by atoms with Gasteiger partial charge in [-0.2, -0.15) is 11.8 Å². The Morgan fingerprint density at radius 3 is 2.17 bits per heavy atom. The normalized spacial score (nSPS) is 13.9. The molecule has 0 saturated carbocycles. The lowest BCUT2D eigenvalue weighted by molar-refractivity contribution is -0.131. The van der Waals surface area contributed by atoms with E-state index < -0.39 is 42.1 Å². The van der Waals surface area contributed by atoms with Crippen molar-refractivity contribution in [3.63, 3.8) is 0 Å². The van der Waals surface area contributed by atoms with E-state index in [2.05, 4.69) is 20.9 Å². The van der Waals surface area contributed by atoms with Crippen LogP contribution in [-0.4, -0.2) is 58.1 Å². The number of amides is 3. The average molecular weight is 613 g/mol. The van der Waals surface area contributed by atoms with E-state index in [4.69, 9.17) is 4.74 Å². The van der Waals surface area contributed by atoms with Gasteiger partial charge in [-0.1, -0.05) is 74.5 Å². The second-order valence-corrected chi connectivity index (χ2v) is 12.3. The number of thiazole rings is 1. The molecule has 2 aromatic carbocycles. The Labute approximate surface area is 255 Å². The van der Waals surface area contributed by atoms with Crippen molar-refractivity contribution < 1.29 is 24.2 Å². The number of nitrogens with one attached hydrogen (secondary N) is 3. The van der Waals surface area contributed by atoms with Crippen LogP contribution in [0.4, 0.5) is 4.79 Å². The first-order chi connectivity index (χ1) is 20.3. The van der Waals surface area contributed by atoms with E-state index >= 15 is 0 Å². The Morgan fingerprint density at radius 2 is 1.57 bits per heavy atom. The van der Waals surface area contributed by atoms with Crippen molar-refractivity contribution in [1.29, 1.82) is 0 Å². The Kier molecular flexibility index (Phi) is 13.8. The van der Waals surface area contributed by atoms with Gasteiger partial charge < -0.3 is 25.8 Å². The van der Waals surface area contributed by atoms with Gasteiger partial charge in [-0.3, -0.25) is 9.59 Å². The van der Waals surface area contributed by atoms with E-state index in [1.807, 2.05) is 80.8 Å². The number of thioether (sulfide) groups is 1. The lowest BCUT2D eigenvalue weighted by Crippen LogP contribution is -2.56. The first kappa shape index (κ1) is 33.1. The molecule has 0 bridgehead atoms. The predicted octanol–water partition coefficient (Wildman–Crippen LogP) is 4.48. The van der Waals surface area contributed by atoms with Crippen LogP contribution in [0.3, 0.4) is 0 Å². The van der Waals surface area contributed by atoms with Gasteiger partial charge in [0.25, 0.3) is 0 Å². The van der Waals surface area contributed by atoms with Crippen molar-refractivity contribution in [2.75, 3.05) is 12.0 Å². The number of ether oxygens (including phenoxy) is 1. The summed E-state index contributed by atoms with van der Waals surface area (Å²) in [7, 11) is 0. The second kappa shape index (κ2) is 17.5. The fourth-order valence-corrected chi connectivity index (χ4v) is 5.51. The van der Waals surface area contributed by atoms with Crippen molar-refractivity contribution in [1.82, 2.24) is 20.9 Å². The first-order valence-corrected chi connectivity index (χ1v) is 16.2. The Bertz CT molecular complexity index is 1230. The molecule has 0 aliphatic heterocycles. The van der Waals surface area contributed by atoms with Gasteiger partial charge in [0.15, 0.2) is 0 Å². The van der Waals surface area contributed by atoms with E-state index in [9.17, 15) is 19.5 Å². The molecule has 11 heteroatoms. The standard InChI is InChI=1S/C31H40N4O5S2/c1-21(2)18-25(27(36)30-32-15-17-42-30)34-28(37)24(14-16-41-3)33-29(38)26(19-22-10-6-4-7-11-22)35-31(39)40-20-23-12-8-5-9-13-23/h4-13,15,17,21,24-27,36H,14,16,18-20H2,1-3H3,(H,33,38)(H,34,37)(H,35,39)/t24-,25+,26-,27-/m0/s1. The average Bonchev–Trinajstić information content (AvgIpc) is 3.53. The summed E-state index contributed by atoms with van der Waals surface area (Å²) in [6.07, 6.45) is 2.95. The molecule has 9 nitrogen and oxygen atoms in total. The molecule has 0 spiro atoms. The third-order valence-corrected chi connectivity index (χ3v) is 7.98. The number of carbonyl (C=O) groups excluding carboxylic acids is 3. The molecule has 4 N–H and O–H groups in total. The molecular weight excluding hydrogens is 572 g/mol. The molecule has 0 aliphatic rings. The largest absolute Gasteiger partial charge is 0.445 e. The monoisotopic (exact) mass is 612 g/mol. The molecule has 0 fully saturated rings. The minimum absolute atomic E-state index is 0.0593. The van der Waals surface area contributed by atoms with Crippen molar-refractivity contribution in [2.45, 2.75) is 63.9 Å². The van der Waals surface area contributed by atoms with Crippen LogP contribution in [0, 0.1) is 5.92 Å². The summed E-state index contributed by atoms with van der Waals surface area (Å²) < 4.78 is 5.37. The summed E-state index contributed by atoms with van der Waals surface area (Å²) in [4.78, 5) is 44.1. The number of benzene rings is 2. The highest BCUT2D eigenvalue weighted by Gasteiger charge is 2.31. The molecule has 0 saturated heterocycles. The van der Waals surface area contributed by atoms with Crippen molar-refractivity contribution in [3.8, 4) is 0 Å². The summed E-state index contributed by atoms with van der Waals surface area (Å²) in [5, 5.41) is 21.8. The van der Waals surface area contributed by atoms with E-state index in [0.29, 0.717) is 23.6 Å². The molecule has 0 unspecified atom stereocenters. The summed E-state index contributed by atoms with van der Waals surface area (Å²) >= 11 is 2.88. The number of hydrogen-bond donors (Lipinski definition) is 4. The van der Waals surface area contributed by atoms with Gasteiger partial charge >= 0.3 is 6.09 Å². The Hall–Kier alpha value is -3.41. The molecule has 42 heavy (non-hydrogen) atoms. The second-order valence-electron chi connectivity index (χ2n) is 10.4. The van der Waals surface area contributed by atoms with Crippen LogP contribution in [0.1, 0.15) is 48.9 Å². The zero-order valence-corrected chi connectivity index (χ0v) is 25.8. The highest BCUT2D eigenvalue weighted by atomic mass is 32.2. The van der Waals surface area contributed by atoms with Gasteiger partial charge in [0.1, 0.15) is 29.8 Å². The highest BCUT2D eigenvalue weighted by molar-refractivity contribution is 7.98. The molecule has 3 aromatic rings. The number of rotatable bonds is 16. The molecule has 3 amide bonds. The van der Waals surface area contributed by atoms with Crippen LogP contribution in [0.2, 0.25) is 0 Å². The minimum Gasteiger partial charge on any atom is -0.445 e. The van der Waals surface area contributed by atoms with Crippen LogP contribution in [-0.2, 0) is 27.4 Å². The van der Waals surface area contributed by atoms with Gasteiger partial charge in [0.2, 0.25) is 11.8 Å². The van der Waals surface area contributed by atoms with Crippen LogP contribution >= 0.6 is 23.1 Å². The van der Waals surface area contributed by atoms with E-state index in [1.54, 1.807) is 23.3 Å². The van der Waals surface area contributed by atoms with Gasteiger partial charge in [0, 0.05) is 18.0 Å². The first-order valence-electron chi connectivity index (χ1n) is 13.9. The molecule has 0 aliphatic carbocycles. The maximum Gasteiger partial charge on any atom is 0.408 e. The molecular formula is C31H40N4O5S2. The molecule has 226 valence electrons. The van der Waals surface area contributed by atoms with Gasteiger partial charge in [-0.25, -0.2) is 9.78 Å². The molecule has 0 radical (unpaired) electrons. The maximum atomic E-state index is 13.6. The van der Waals surface area contributed by atoms with Gasteiger partial charge in [-0.15, -0.1) is 11.3 Å². The number of aromatic nitrogens is 1. The smallest absolute Gasteiger partial charge is 0.408 e. The van der Waals surface area contributed by atoms with Crippen LogP contribution in [0.15, 0.2) is 72.2 Å². The Morgan fingerprint density at radius 1 is 0.929 bits per heavy atom. The Balaban J connectivity index is 1.73. The summed E-state index contributed by atoms with van der Waals surface area (Å²) in [6.45, 7) is 4.08. The maximum absolute atomic E-state index is 13.6. The topological polar surface area (TPSA) is 130 Å². The quantitative estimate of drug-likeness (QED) is 0.188. The zero-order chi connectivity index (χ0) is 30.3. The van der Waals surface area contributed by atoms with Crippen LogP contribution in [0.5, 0.6) is 0 Å². The minimum atomic E-state index is -0.979. The van der Waals surface area contributed by atoms with Crippen molar-refractivity contribution in [3.05, 3.63) is 88.4 Å². The number of carbonyl (C=O) groups is 3. The van der Waals surface area contributed by atoms with Crippen LogP contribution in [0.25, 0.3) is 0 Å². The van der Waals surface area contributed by atoms with E-state index in [-0.39, 0.29) is 18.9 Å². The van der Waals surface area contributed by atoms with Crippen LogP contribution < -0.4 is 16.0 Å². The molecule has 4 atom stereocenters. The highest BCUT2D eigenvalue weighted by Crippen LogP contribution is 2.23. The third-order valence-electron chi connectivity index (χ3n) is 6.49. The number of nitrogens with zero attached hydrogens (tertiary/aromatic N) is 1. The molecule has 3 rings (SSSR count). The molecule has 1 heterocycles. The number of hydrogen-bond acceptors (Lipinski definition) is 8. The number of aliphatic hydroxyl groups is 1. The fraction of sp³-hybridized carbons (Fsp3) is 0.419. The van der Waals surface area contributed by atoms with E-state index in [0.717, 1.165) is 11.1 Å². The zero-order valence-electron chi connectivity index (χ0n) is 24.2.